The van der Waals surface area contributed by atoms with E-state index in [1.165, 1.54) is 38.5 Å². The molecule has 4 unspecified atom stereocenters. The van der Waals surface area contributed by atoms with Crippen molar-refractivity contribution < 1.29 is 9.21 Å². The predicted octanol–water partition coefficient (Wildman–Crippen LogP) is 4.60. The molecule has 3 aliphatic rings. The van der Waals surface area contributed by atoms with Gasteiger partial charge in [0, 0.05) is 24.6 Å². The Morgan fingerprint density at radius 3 is 2.83 bits per heavy atom. The van der Waals surface area contributed by atoms with E-state index >= 15 is 0 Å². The lowest BCUT2D eigenvalue weighted by molar-refractivity contribution is -0.132. The summed E-state index contributed by atoms with van der Waals surface area (Å²) in [6.07, 6.45) is 12.4. The van der Waals surface area contributed by atoms with E-state index in [9.17, 15) is 4.79 Å². The van der Waals surface area contributed by atoms with Crippen molar-refractivity contribution in [3.8, 4) is 0 Å². The predicted molar refractivity (Wildman–Crippen MR) is 91.0 cm³/mol. The molecule has 0 spiro atoms. The van der Waals surface area contributed by atoms with Crippen LogP contribution >= 0.6 is 0 Å². The molecule has 0 N–H and O–H groups in total. The van der Waals surface area contributed by atoms with E-state index < -0.39 is 0 Å². The summed E-state index contributed by atoms with van der Waals surface area (Å²) in [6, 6.07) is 4.54. The fraction of sp³-hybridized carbons (Fsp3) is 0.650. The minimum Gasteiger partial charge on any atom is -0.461 e. The normalized spacial score (nSPS) is 33.7. The van der Waals surface area contributed by atoms with Crippen molar-refractivity contribution >= 4 is 12.0 Å². The number of amides is 1. The van der Waals surface area contributed by atoms with Gasteiger partial charge < -0.3 is 9.32 Å². The first-order valence-electron chi connectivity index (χ1n) is 9.31. The van der Waals surface area contributed by atoms with E-state index in [2.05, 4.69) is 17.9 Å². The number of nitrogens with zero attached hydrogens (tertiary/aromatic N) is 1. The van der Waals surface area contributed by atoms with Crippen LogP contribution < -0.4 is 0 Å². The highest BCUT2D eigenvalue weighted by Crippen LogP contribution is 2.47. The van der Waals surface area contributed by atoms with Gasteiger partial charge in [0.15, 0.2) is 0 Å². The third kappa shape index (κ3) is 3.11. The molecule has 124 valence electrons. The number of furan rings is 1. The van der Waals surface area contributed by atoms with Crippen molar-refractivity contribution in [1.82, 2.24) is 4.90 Å². The topological polar surface area (TPSA) is 33.5 Å². The summed E-state index contributed by atoms with van der Waals surface area (Å²) in [5, 5.41) is 0. The van der Waals surface area contributed by atoms with Gasteiger partial charge in [-0.25, -0.2) is 0 Å². The summed E-state index contributed by atoms with van der Waals surface area (Å²) in [4.78, 5) is 14.8. The maximum atomic E-state index is 12.6. The fourth-order valence-corrected chi connectivity index (χ4v) is 4.52. The summed E-state index contributed by atoms with van der Waals surface area (Å²) < 4.78 is 5.86. The van der Waals surface area contributed by atoms with Crippen molar-refractivity contribution in [3.05, 3.63) is 29.7 Å². The number of carbonyl (C=O) groups excluding carboxylic acids is 1. The molecule has 4 atom stereocenters. The number of fused-ring (bicyclic) bond motifs is 1. The number of likely N-dealkylation sites (tertiary alicyclic amines) is 1. The lowest BCUT2D eigenvalue weighted by Crippen LogP contribution is -2.49. The third-order valence-corrected chi connectivity index (χ3v) is 6.04. The largest absolute Gasteiger partial charge is 0.461 e. The van der Waals surface area contributed by atoms with Gasteiger partial charge in [0.2, 0.25) is 5.91 Å². The Hall–Kier alpha value is -1.51. The van der Waals surface area contributed by atoms with Crippen molar-refractivity contribution in [2.75, 3.05) is 6.54 Å². The lowest BCUT2D eigenvalue weighted by atomic mass is 9.78. The van der Waals surface area contributed by atoms with Crippen LogP contribution in [0.5, 0.6) is 0 Å². The first kappa shape index (κ1) is 15.0. The lowest BCUT2D eigenvalue weighted by Gasteiger charge is -2.43. The molecule has 3 nitrogen and oxygen atoms in total. The van der Waals surface area contributed by atoms with Gasteiger partial charge in [-0.15, -0.1) is 0 Å². The van der Waals surface area contributed by atoms with Crippen molar-refractivity contribution in [2.24, 2.45) is 11.8 Å². The number of rotatable bonds is 3. The molecular formula is C20H27NO2. The number of piperidine rings is 1. The highest BCUT2D eigenvalue weighted by Gasteiger charge is 2.37. The van der Waals surface area contributed by atoms with E-state index in [1.807, 2.05) is 12.1 Å². The molecule has 1 saturated heterocycles. The molecule has 2 saturated carbocycles. The molecule has 3 heteroatoms. The van der Waals surface area contributed by atoms with Gasteiger partial charge in [-0.1, -0.05) is 19.8 Å². The van der Waals surface area contributed by atoms with E-state index in [1.54, 1.807) is 6.08 Å². The monoisotopic (exact) mass is 313 g/mol. The molecule has 0 radical (unpaired) electrons. The maximum Gasteiger partial charge on any atom is 0.246 e. The van der Waals surface area contributed by atoms with Crippen LogP contribution in [-0.2, 0) is 4.79 Å². The Labute approximate surface area is 138 Å². The third-order valence-electron chi connectivity index (χ3n) is 6.04. The first-order valence-corrected chi connectivity index (χ1v) is 9.31. The van der Waals surface area contributed by atoms with E-state index in [0.29, 0.717) is 12.0 Å². The molecule has 1 aromatic heterocycles. The highest BCUT2D eigenvalue weighted by atomic mass is 16.3. The fourth-order valence-electron chi connectivity index (χ4n) is 4.52. The zero-order valence-electron chi connectivity index (χ0n) is 14.0. The molecule has 23 heavy (non-hydrogen) atoms. The van der Waals surface area contributed by atoms with E-state index in [4.69, 9.17) is 4.42 Å². The standard InChI is InChI=1S/C20H27NO2/c1-14-13-17(14)19-10-8-16(23-19)9-11-20(22)21-12-4-6-15-5-2-3-7-18(15)21/h8-11,14-15,17-18H,2-7,12-13H2,1H3/b11-9+. The summed E-state index contributed by atoms with van der Waals surface area (Å²) >= 11 is 0. The SMILES string of the molecule is CC1CC1c1ccc(/C=C/C(=O)N2CCCC3CCCCC32)o1. The maximum absolute atomic E-state index is 12.6. The molecule has 1 aromatic rings. The van der Waals surface area contributed by atoms with Crippen molar-refractivity contribution in [2.45, 2.75) is 63.8 Å². The minimum atomic E-state index is 0.166. The van der Waals surface area contributed by atoms with Gasteiger partial charge in [0.25, 0.3) is 0 Å². The second-order valence-electron chi connectivity index (χ2n) is 7.68. The molecule has 0 bridgehead atoms. The van der Waals surface area contributed by atoms with Gasteiger partial charge in [0.05, 0.1) is 0 Å². The first-order chi connectivity index (χ1) is 11.2. The van der Waals surface area contributed by atoms with Crippen LogP contribution in [0.25, 0.3) is 6.08 Å². The Morgan fingerprint density at radius 2 is 2.00 bits per heavy atom. The van der Waals surface area contributed by atoms with E-state index in [-0.39, 0.29) is 5.91 Å². The van der Waals surface area contributed by atoms with Crippen LogP contribution in [0.1, 0.15) is 69.3 Å². The molecule has 3 fully saturated rings. The second-order valence-corrected chi connectivity index (χ2v) is 7.68. The van der Waals surface area contributed by atoms with Crippen LogP contribution in [-0.4, -0.2) is 23.4 Å². The highest BCUT2D eigenvalue weighted by molar-refractivity contribution is 5.91. The molecule has 1 amide bonds. The van der Waals surface area contributed by atoms with Gasteiger partial charge in [-0.05, 0) is 62.1 Å². The van der Waals surface area contributed by atoms with Gasteiger partial charge in [-0.2, -0.15) is 0 Å². The molecular weight excluding hydrogens is 286 g/mol. The average Bonchev–Trinajstić information content (AvgIpc) is 3.12. The average molecular weight is 313 g/mol. The Kier molecular flexibility index (Phi) is 4.04. The van der Waals surface area contributed by atoms with Crippen LogP contribution in [0.4, 0.5) is 0 Å². The van der Waals surface area contributed by atoms with E-state index in [0.717, 1.165) is 36.3 Å². The number of carbonyl (C=O) groups is 1. The molecule has 1 aliphatic heterocycles. The van der Waals surface area contributed by atoms with Gasteiger partial charge >= 0.3 is 0 Å². The second kappa shape index (κ2) is 6.18. The zero-order chi connectivity index (χ0) is 15.8. The molecule has 0 aromatic carbocycles. The van der Waals surface area contributed by atoms with Crippen LogP contribution in [0.15, 0.2) is 22.6 Å². The summed E-state index contributed by atoms with van der Waals surface area (Å²) in [5.41, 5.74) is 0. The Balaban J connectivity index is 1.41. The number of hydrogen-bond donors (Lipinski definition) is 0. The summed E-state index contributed by atoms with van der Waals surface area (Å²) in [7, 11) is 0. The summed E-state index contributed by atoms with van der Waals surface area (Å²) in [6.45, 7) is 3.18. The van der Waals surface area contributed by atoms with Gasteiger partial charge in [0.1, 0.15) is 11.5 Å². The van der Waals surface area contributed by atoms with Crippen LogP contribution in [0.2, 0.25) is 0 Å². The van der Waals surface area contributed by atoms with Crippen molar-refractivity contribution in [3.63, 3.8) is 0 Å². The minimum absolute atomic E-state index is 0.166. The Morgan fingerprint density at radius 1 is 1.22 bits per heavy atom. The summed E-state index contributed by atoms with van der Waals surface area (Å²) in [5.74, 6) is 4.13. The number of hydrogen-bond acceptors (Lipinski definition) is 2. The molecule has 2 aliphatic carbocycles. The molecule has 2 heterocycles. The quantitative estimate of drug-likeness (QED) is 0.764. The van der Waals surface area contributed by atoms with Gasteiger partial charge in [-0.3, -0.25) is 4.79 Å². The smallest absolute Gasteiger partial charge is 0.246 e. The Bertz CT molecular complexity index is 601. The van der Waals surface area contributed by atoms with Crippen LogP contribution in [0.3, 0.4) is 0 Å². The van der Waals surface area contributed by atoms with Crippen LogP contribution in [0, 0.1) is 11.8 Å². The molecule has 4 rings (SSSR count). The zero-order valence-corrected chi connectivity index (χ0v) is 14.0. The van der Waals surface area contributed by atoms with Crippen molar-refractivity contribution in [1.29, 1.82) is 0 Å².